The Morgan fingerprint density at radius 3 is 0.712 bits per heavy atom. The minimum absolute atomic E-state index is 0.374. The van der Waals surface area contributed by atoms with Gasteiger partial charge in [-0.15, -0.1) is 0 Å². The monoisotopic (exact) mass is 970 g/mol. The van der Waals surface area contributed by atoms with Gasteiger partial charge in [0.05, 0.1) is 45.2 Å². The summed E-state index contributed by atoms with van der Waals surface area (Å²) in [7, 11) is 0. The van der Waals surface area contributed by atoms with Crippen LogP contribution in [0.25, 0.3) is 0 Å². The Hall–Kier alpha value is -1.16. The minimum Gasteiger partial charge on any atom is -0.396 e. The number of ether oxygens (including phenoxy) is 11. The van der Waals surface area contributed by atoms with Gasteiger partial charge in [0.1, 0.15) is 134 Å². The summed E-state index contributed by atoms with van der Waals surface area (Å²) in [4.78, 5) is 0. The second-order valence-electron chi connectivity index (χ2n) is 17.3. The first-order valence-electron chi connectivity index (χ1n) is 21.4. The standard InChI is InChI=1S/C37H62O29/c38-2-8-1-9-15(44)16(45)27(8)62-33-23(52)18(47)29(11(4-40)58-33)64-35-25(54)20(49)31(13(6-42)60-35)66-37-26(55)21(50)32(14(7-43)61-37)65-36-24(53)19(48)30(12(5-41)59-36)63-34-22(51)17(46)28(56-9)10(3-39)57-34/h8-55H,1-7H2/t8-,9?,10-,11-,12-,13-,14-,15+,16-,17-,18-,19-,20-,21-,22-,23-,24-,25-,26-,27?,28?,29-,30-,31-,32-,33?,34?,35?,36?,37?/m1/s1. The number of hydrogen-bond donors (Lipinski definition) is 18. The maximum atomic E-state index is 11.3. The highest BCUT2D eigenvalue weighted by molar-refractivity contribution is 5.02. The molecule has 384 valence electrons. The molecule has 1 saturated carbocycles. The molecule has 0 aromatic carbocycles. The number of aliphatic hydroxyl groups excluding tert-OH is 18. The van der Waals surface area contributed by atoms with Crippen molar-refractivity contribution in [3.05, 3.63) is 0 Å². The van der Waals surface area contributed by atoms with E-state index >= 15 is 0 Å². The molecule has 22 rings (SSSR count). The number of aliphatic hydroxyl groups is 18. The molecule has 21 aliphatic heterocycles. The average molecular weight is 971 g/mol. The van der Waals surface area contributed by atoms with E-state index in [-0.39, 0.29) is 6.42 Å². The molecule has 0 amide bonds. The molecule has 0 aromatic rings. The summed E-state index contributed by atoms with van der Waals surface area (Å²) < 4.78 is 62.8. The summed E-state index contributed by atoms with van der Waals surface area (Å²) in [6, 6.07) is 0. The van der Waals surface area contributed by atoms with Crippen molar-refractivity contribution in [3.8, 4) is 0 Å². The van der Waals surface area contributed by atoms with Crippen LogP contribution in [0.5, 0.6) is 0 Å². The first-order valence-corrected chi connectivity index (χ1v) is 21.4. The zero-order valence-electron chi connectivity index (χ0n) is 34.8. The molecule has 0 radical (unpaired) electrons. The minimum atomic E-state index is -2.14. The van der Waals surface area contributed by atoms with E-state index in [9.17, 15) is 91.9 Å². The Labute approximate surface area is 373 Å². The summed E-state index contributed by atoms with van der Waals surface area (Å²) in [5.74, 6) is -1.17. The Morgan fingerprint density at radius 2 is 0.470 bits per heavy atom. The topological polar surface area (TPSA) is 466 Å². The van der Waals surface area contributed by atoms with Crippen molar-refractivity contribution in [1.82, 2.24) is 0 Å². The van der Waals surface area contributed by atoms with Gasteiger partial charge in [0.25, 0.3) is 0 Å². The molecular weight excluding hydrogens is 908 g/mol. The van der Waals surface area contributed by atoms with E-state index in [0.29, 0.717) is 0 Å². The molecule has 29 heteroatoms. The van der Waals surface area contributed by atoms with E-state index in [1.807, 2.05) is 0 Å². The van der Waals surface area contributed by atoms with Gasteiger partial charge in [-0.1, -0.05) is 0 Å². The van der Waals surface area contributed by atoms with Gasteiger partial charge in [-0.05, 0) is 6.42 Å². The third kappa shape index (κ3) is 10.0. The van der Waals surface area contributed by atoms with E-state index in [0.717, 1.165) is 0 Å². The lowest BCUT2D eigenvalue weighted by molar-refractivity contribution is -0.396. The molecule has 22 fully saturated rings. The fourth-order valence-corrected chi connectivity index (χ4v) is 9.41. The fourth-order valence-electron chi connectivity index (χ4n) is 9.41. The molecular formula is C37H62O29. The molecule has 22 aliphatic rings. The third-order valence-corrected chi connectivity index (χ3v) is 13.2. The van der Waals surface area contributed by atoms with Crippen molar-refractivity contribution < 1.29 is 144 Å². The van der Waals surface area contributed by atoms with Crippen molar-refractivity contribution >= 4 is 0 Å². The van der Waals surface area contributed by atoms with Gasteiger partial charge < -0.3 is 144 Å². The van der Waals surface area contributed by atoms with Gasteiger partial charge in [-0.3, -0.25) is 0 Å². The Bertz CT molecular complexity index is 1230. The van der Waals surface area contributed by atoms with E-state index in [1.54, 1.807) is 0 Å². The van der Waals surface area contributed by atoms with Gasteiger partial charge in [-0.25, -0.2) is 0 Å². The van der Waals surface area contributed by atoms with E-state index in [4.69, 9.17) is 52.1 Å². The smallest absolute Gasteiger partial charge is 0.187 e. The molecule has 21 heterocycles. The van der Waals surface area contributed by atoms with Crippen molar-refractivity contribution in [2.24, 2.45) is 5.92 Å². The second-order valence-corrected chi connectivity index (χ2v) is 17.3. The Balaban J connectivity index is 1.19. The summed E-state index contributed by atoms with van der Waals surface area (Å²) in [5, 5.41) is 196. The van der Waals surface area contributed by atoms with Crippen LogP contribution in [0.2, 0.25) is 0 Å². The van der Waals surface area contributed by atoms with Crippen molar-refractivity contribution in [1.29, 1.82) is 0 Å². The number of hydrogen-bond acceptors (Lipinski definition) is 29. The number of rotatable bonds is 6. The lowest BCUT2D eigenvalue weighted by Crippen LogP contribution is -2.68. The highest BCUT2D eigenvalue weighted by Gasteiger charge is 2.58. The second kappa shape index (κ2) is 22.1. The van der Waals surface area contributed by atoms with Crippen molar-refractivity contribution in [2.45, 2.75) is 184 Å². The van der Waals surface area contributed by atoms with Crippen molar-refractivity contribution in [3.63, 3.8) is 0 Å². The van der Waals surface area contributed by atoms with Gasteiger partial charge in [0.2, 0.25) is 0 Å². The molecule has 8 unspecified atom stereocenters. The predicted molar refractivity (Wildman–Crippen MR) is 199 cm³/mol. The third-order valence-electron chi connectivity index (χ3n) is 13.2. The summed E-state index contributed by atoms with van der Waals surface area (Å²) >= 11 is 0. The van der Waals surface area contributed by atoms with Crippen LogP contribution in [0.3, 0.4) is 0 Å². The summed E-state index contributed by atoms with van der Waals surface area (Å²) in [6.45, 7) is -5.65. The average Bonchev–Trinajstić information content (AvgIpc) is 3.31. The van der Waals surface area contributed by atoms with Gasteiger partial charge in [-0.2, -0.15) is 0 Å². The van der Waals surface area contributed by atoms with Gasteiger partial charge >= 0.3 is 0 Å². The van der Waals surface area contributed by atoms with Crippen LogP contribution in [-0.2, 0) is 52.1 Å². The quantitative estimate of drug-likeness (QED) is 0.117. The van der Waals surface area contributed by atoms with Crippen LogP contribution in [-0.4, -0.2) is 310 Å². The molecule has 66 heavy (non-hydrogen) atoms. The molecule has 0 spiro atoms. The van der Waals surface area contributed by atoms with Crippen LogP contribution in [0.1, 0.15) is 6.42 Å². The van der Waals surface area contributed by atoms with Crippen molar-refractivity contribution in [2.75, 3.05) is 39.6 Å². The summed E-state index contributed by atoms with van der Waals surface area (Å²) in [6.07, 6.45) is -55.3. The SMILES string of the molecule is OC[C@H]1CC2OC3[C@@H](CO)OC(O[C@H]4[C@H](O)[C@@H](O)C(O[C@H]5[C@H](O)[C@@H](O)C(O[C@H]6[C@H](O)[C@@H](O)C(O[C@H]7[C@H](O)[C@@H](O)C(OC1[C@H](O)[C@H]2O)O[C@@H]7CO)O[C@@H]6CO)O[C@@H]5CO)O[C@@H]4CO)[C@H](O)[C@H]3O. The van der Waals surface area contributed by atoms with Crippen LogP contribution in [0, 0.1) is 5.92 Å². The summed E-state index contributed by atoms with van der Waals surface area (Å²) in [5.41, 5.74) is 0. The lowest BCUT2D eigenvalue weighted by Gasteiger charge is -2.50. The van der Waals surface area contributed by atoms with E-state index < -0.39 is 224 Å². The van der Waals surface area contributed by atoms with E-state index in [1.165, 1.54) is 0 Å². The zero-order valence-corrected chi connectivity index (χ0v) is 34.8. The first kappa shape index (κ1) is 52.7. The van der Waals surface area contributed by atoms with Crippen LogP contribution in [0.4, 0.5) is 0 Å². The first-order chi connectivity index (χ1) is 31.4. The maximum absolute atomic E-state index is 11.3. The molecule has 12 bridgehead atoms. The molecule has 30 atom stereocenters. The normalized spacial score (nSPS) is 55.4. The maximum Gasteiger partial charge on any atom is 0.187 e. The van der Waals surface area contributed by atoms with Crippen LogP contribution in [0.15, 0.2) is 0 Å². The predicted octanol–water partition coefficient (Wildman–Crippen LogP) is -12.4. The molecule has 18 N–H and O–H groups in total. The zero-order chi connectivity index (χ0) is 48.0. The van der Waals surface area contributed by atoms with E-state index in [2.05, 4.69) is 0 Å². The molecule has 21 saturated heterocycles. The Kier molecular flexibility index (Phi) is 17.6. The highest BCUT2D eigenvalue weighted by atomic mass is 16.8. The van der Waals surface area contributed by atoms with Crippen LogP contribution >= 0.6 is 0 Å². The van der Waals surface area contributed by atoms with Crippen LogP contribution < -0.4 is 0 Å². The Morgan fingerprint density at radius 1 is 0.242 bits per heavy atom. The lowest BCUT2D eigenvalue weighted by atomic mass is 9.80. The van der Waals surface area contributed by atoms with Gasteiger partial charge in [0.15, 0.2) is 31.5 Å². The molecule has 0 aromatic heterocycles. The van der Waals surface area contributed by atoms with Gasteiger partial charge in [0, 0.05) is 12.5 Å². The molecule has 1 aliphatic carbocycles. The highest BCUT2D eigenvalue weighted by Crippen LogP contribution is 2.39. The molecule has 29 nitrogen and oxygen atoms in total. The largest absolute Gasteiger partial charge is 0.396 e. The fraction of sp³-hybridized carbons (Fsp3) is 1.00.